The molecule has 2 heterocycles. The van der Waals surface area contributed by atoms with Gasteiger partial charge in [-0.3, -0.25) is 24.1 Å². The number of hydroxylamine groups is 2. The Bertz CT molecular complexity index is 872. The number of nitrogens with zero attached hydrogens (tertiary/aromatic N) is 2. The van der Waals surface area contributed by atoms with Crippen molar-refractivity contribution in [2.45, 2.75) is 63.3 Å². The number of likely N-dealkylation sites (tertiary alicyclic amines) is 1. The summed E-state index contributed by atoms with van der Waals surface area (Å²) in [6.45, 7) is 1.61. The van der Waals surface area contributed by atoms with Gasteiger partial charge in [0.25, 0.3) is 5.91 Å². The van der Waals surface area contributed by atoms with Crippen LogP contribution in [-0.2, 0) is 19.2 Å². The summed E-state index contributed by atoms with van der Waals surface area (Å²) in [6, 6.07) is 3.85. The van der Waals surface area contributed by atoms with Crippen molar-refractivity contribution >= 4 is 33.7 Å². The van der Waals surface area contributed by atoms with Crippen LogP contribution in [0.4, 0.5) is 0 Å². The second-order valence-corrected chi connectivity index (χ2v) is 9.08. The van der Waals surface area contributed by atoms with Gasteiger partial charge in [-0.1, -0.05) is 35.2 Å². The number of ether oxygens (including phenoxy) is 1. The average Bonchev–Trinajstić information content (AvgIpc) is 3.24. The molecule has 3 amide bonds. The van der Waals surface area contributed by atoms with Crippen LogP contribution in [0.2, 0.25) is 0 Å². The van der Waals surface area contributed by atoms with Gasteiger partial charge in [-0.25, -0.2) is 0 Å². The monoisotopic (exact) mass is 479 g/mol. The van der Waals surface area contributed by atoms with Crippen molar-refractivity contribution in [1.82, 2.24) is 9.96 Å². The van der Waals surface area contributed by atoms with Crippen LogP contribution in [0.3, 0.4) is 0 Å². The summed E-state index contributed by atoms with van der Waals surface area (Å²) in [5.74, 6) is -1.38. The number of hydrogen-bond donors (Lipinski definition) is 1. The molecule has 1 saturated carbocycles. The van der Waals surface area contributed by atoms with Crippen LogP contribution >= 0.6 is 15.9 Å². The van der Waals surface area contributed by atoms with Crippen LogP contribution in [-0.4, -0.2) is 53.0 Å². The van der Waals surface area contributed by atoms with Crippen LogP contribution in [0.5, 0.6) is 5.75 Å². The maximum absolute atomic E-state index is 13.5. The molecule has 1 aromatic rings. The molecule has 2 aliphatic heterocycles. The average molecular weight is 480 g/mol. The second kappa shape index (κ2) is 8.28. The molecule has 9 heteroatoms. The summed E-state index contributed by atoms with van der Waals surface area (Å²) in [4.78, 5) is 46.1. The number of hydrogen-bond acceptors (Lipinski definition) is 6. The first-order valence-corrected chi connectivity index (χ1v) is 11.1. The van der Waals surface area contributed by atoms with Gasteiger partial charge in [0, 0.05) is 16.1 Å². The maximum Gasteiger partial charge on any atom is 0.261 e. The predicted octanol–water partition coefficient (Wildman–Crippen LogP) is 2.31. The molecule has 4 atom stereocenters. The number of benzene rings is 1. The Morgan fingerprint density at radius 1 is 1.23 bits per heavy atom. The topological polar surface area (TPSA) is 102 Å². The van der Waals surface area contributed by atoms with E-state index in [9.17, 15) is 14.4 Å². The van der Waals surface area contributed by atoms with Gasteiger partial charge >= 0.3 is 0 Å². The zero-order valence-corrected chi connectivity index (χ0v) is 18.6. The molecule has 4 rings (SSSR count). The smallest absolute Gasteiger partial charge is 0.261 e. The highest BCUT2D eigenvalue weighted by molar-refractivity contribution is 9.10. The minimum absolute atomic E-state index is 0.0833. The molecule has 0 radical (unpaired) electrons. The van der Waals surface area contributed by atoms with Gasteiger partial charge in [-0.05, 0) is 38.0 Å². The summed E-state index contributed by atoms with van der Waals surface area (Å²) >= 11 is 3.46. The molecule has 162 valence electrons. The Morgan fingerprint density at radius 3 is 2.57 bits per heavy atom. The van der Waals surface area contributed by atoms with Crippen molar-refractivity contribution in [2.24, 2.45) is 11.7 Å². The van der Waals surface area contributed by atoms with Crippen molar-refractivity contribution in [1.29, 1.82) is 0 Å². The van der Waals surface area contributed by atoms with E-state index < -0.39 is 30.0 Å². The van der Waals surface area contributed by atoms with E-state index in [1.807, 2.05) is 12.1 Å². The Balaban J connectivity index is 1.77. The molecule has 3 fully saturated rings. The third-order valence-electron chi connectivity index (χ3n) is 6.42. The molecule has 0 aromatic heterocycles. The number of halogens is 1. The zero-order valence-electron chi connectivity index (χ0n) is 17.0. The van der Waals surface area contributed by atoms with Gasteiger partial charge in [0.2, 0.25) is 11.8 Å². The van der Waals surface area contributed by atoms with E-state index in [1.54, 1.807) is 13.0 Å². The lowest BCUT2D eigenvalue weighted by Gasteiger charge is -2.34. The number of rotatable bonds is 5. The number of carbonyl (C=O) groups is 3. The van der Waals surface area contributed by atoms with Crippen molar-refractivity contribution < 1.29 is 24.0 Å². The summed E-state index contributed by atoms with van der Waals surface area (Å²) in [5.41, 5.74) is 6.20. The Labute approximate surface area is 183 Å². The van der Waals surface area contributed by atoms with Crippen molar-refractivity contribution in [3.63, 3.8) is 0 Å². The summed E-state index contributed by atoms with van der Waals surface area (Å²) in [6.07, 6.45) is 3.82. The lowest BCUT2D eigenvalue weighted by molar-refractivity contribution is -0.197. The molecule has 4 unspecified atom stereocenters. The van der Waals surface area contributed by atoms with Crippen LogP contribution in [0.15, 0.2) is 22.7 Å². The van der Waals surface area contributed by atoms with Gasteiger partial charge in [0.15, 0.2) is 6.10 Å². The molecule has 2 N–H and O–H groups in total. The standard InChI is InChI=1S/C21H26BrN3O5/c1-11(19(23)26)25-17(14-10-12(22)8-9-15(14)29-2)16-18(30-25)21(28)24(20(16)27)13-6-4-3-5-7-13/h8-11,13,16-18H,3-7H2,1-2H3,(H2,23,26). The fourth-order valence-electron chi connectivity index (χ4n) is 4.88. The van der Waals surface area contributed by atoms with Crippen molar-refractivity contribution in [3.05, 3.63) is 28.2 Å². The molecule has 3 aliphatic rings. The first kappa shape index (κ1) is 21.3. The van der Waals surface area contributed by atoms with Crippen molar-refractivity contribution in [2.75, 3.05) is 7.11 Å². The lowest BCUT2D eigenvalue weighted by atomic mass is 9.89. The third-order valence-corrected chi connectivity index (χ3v) is 6.92. The fourth-order valence-corrected chi connectivity index (χ4v) is 5.26. The number of methoxy groups -OCH3 is 1. The Kier molecular flexibility index (Phi) is 5.87. The van der Waals surface area contributed by atoms with Crippen molar-refractivity contribution in [3.8, 4) is 5.75 Å². The minimum Gasteiger partial charge on any atom is -0.496 e. The molecule has 1 aromatic carbocycles. The lowest BCUT2D eigenvalue weighted by Crippen LogP contribution is -2.47. The highest BCUT2D eigenvalue weighted by atomic mass is 79.9. The third kappa shape index (κ3) is 3.42. The molecule has 1 aliphatic carbocycles. The number of imide groups is 1. The Morgan fingerprint density at radius 2 is 1.93 bits per heavy atom. The fraction of sp³-hybridized carbons (Fsp3) is 0.571. The van der Waals surface area contributed by atoms with Crippen LogP contribution in [0.1, 0.15) is 50.6 Å². The Hall–Kier alpha value is -1.97. The highest BCUT2D eigenvalue weighted by Crippen LogP contribution is 2.49. The van der Waals surface area contributed by atoms with Gasteiger partial charge < -0.3 is 10.5 Å². The van der Waals surface area contributed by atoms with Gasteiger partial charge in [0.05, 0.1) is 19.1 Å². The first-order valence-electron chi connectivity index (χ1n) is 10.3. The van der Waals surface area contributed by atoms with Gasteiger partial charge in [-0.2, -0.15) is 5.06 Å². The van der Waals surface area contributed by atoms with E-state index in [-0.39, 0.29) is 17.9 Å². The minimum atomic E-state index is -0.963. The summed E-state index contributed by atoms with van der Waals surface area (Å²) < 4.78 is 6.31. The number of nitrogens with two attached hydrogens (primary N) is 1. The first-order chi connectivity index (χ1) is 14.3. The molecular formula is C21H26BrN3O5. The van der Waals surface area contributed by atoms with E-state index in [4.69, 9.17) is 15.3 Å². The summed E-state index contributed by atoms with van der Waals surface area (Å²) in [5, 5.41) is 1.40. The van der Waals surface area contributed by atoms with E-state index in [2.05, 4.69) is 15.9 Å². The van der Waals surface area contributed by atoms with E-state index >= 15 is 0 Å². The molecule has 8 nitrogen and oxygen atoms in total. The maximum atomic E-state index is 13.5. The van der Waals surface area contributed by atoms with E-state index in [0.29, 0.717) is 11.3 Å². The molecule has 0 bridgehead atoms. The van der Waals surface area contributed by atoms with E-state index in [0.717, 1.165) is 36.6 Å². The number of primary amides is 1. The zero-order chi connectivity index (χ0) is 21.6. The predicted molar refractivity (Wildman–Crippen MR) is 111 cm³/mol. The highest BCUT2D eigenvalue weighted by Gasteiger charge is 2.62. The molecule has 2 saturated heterocycles. The number of carbonyl (C=O) groups excluding carboxylic acids is 3. The largest absolute Gasteiger partial charge is 0.496 e. The van der Waals surface area contributed by atoms with Gasteiger partial charge in [0.1, 0.15) is 11.8 Å². The quantitative estimate of drug-likeness (QED) is 0.650. The van der Waals surface area contributed by atoms with Crippen LogP contribution < -0.4 is 10.5 Å². The van der Waals surface area contributed by atoms with Crippen LogP contribution in [0.25, 0.3) is 0 Å². The summed E-state index contributed by atoms with van der Waals surface area (Å²) in [7, 11) is 1.54. The second-order valence-electron chi connectivity index (χ2n) is 8.16. The molecule has 30 heavy (non-hydrogen) atoms. The number of amides is 3. The normalized spacial score (nSPS) is 28.6. The van der Waals surface area contributed by atoms with E-state index in [1.165, 1.54) is 17.1 Å². The molecule has 0 spiro atoms. The SMILES string of the molecule is COc1ccc(Br)cc1C1C2C(=O)N(C3CCCCC3)C(=O)C2ON1C(C)C(N)=O. The molecular weight excluding hydrogens is 454 g/mol. The van der Waals surface area contributed by atoms with Gasteiger partial charge in [-0.15, -0.1) is 0 Å². The number of fused-ring (bicyclic) bond motifs is 1. The van der Waals surface area contributed by atoms with Crippen LogP contribution in [0, 0.1) is 5.92 Å².